The molecule has 0 aliphatic rings. The number of hydrogen-bond donors (Lipinski definition) is 0. The number of fused-ring (bicyclic) bond motifs is 2. The Kier molecular flexibility index (Phi) is 3.89. The number of benzene rings is 1. The third-order valence-corrected chi connectivity index (χ3v) is 4.78. The van der Waals surface area contributed by atoms with Crippen LogP contribution in [0.1, 0.15) is 21.7 Å². The largest absolute Gasteiger partial charge is 0.455 e. The molecule has 0 radical (unpaired) electrons. The third kappa shape index (κ3) is 2.80. The van der Waals surface area contributed by atoms with Crippen molar-refractivity contribution in [1.82, 2.24) is 9.38 Å². The minimum Gasteiger partial charge on any atom is -0.455 e. The van der Waals surface area contributed by atoms with Crippen molar-refractivity contribution in [3.8, 4) is 0 Å². The van der Waals surface area contributed by atoms with Gasteiger partial charge in [-0.25, -0.2) is 14.6 Å². The van der Waals surface area contributed by atoms with E-state index in [-0.39, 0.29) is 17.7 Å². The quantitative estimate of drug-likeness (QED) is 0.408. The van der Waals surface area contributed by atoms with Gasteiger partial charge in [-0.1, -0.05) is 18.2 Å². The minimum absolute atomic E-state index is 0.200. The van der Waals surface area contributed by atoms with Crippen LogP contribution < -0.4 is 11.2 Å². The van der Waals surface area contributed by atoms with Gasteiger partial charge in [-0.15, -0.1) is 11.3 Å². The molecule has 130 valence electrons. The number of para-hydroxylation sites is 1. The Morgan fingerprint density at radius 2 is 2.08 bits per heavy atom. The summed E-state index contributed by atoms with van der Waals surface area (Å²) in [5.41, 5.74) is 0.280. The van der Waals surface area contributed by atoms with Crippen molar-refractivity contribution in [3.05, 3.63) is 79.5 Å². The fourth-order valence-corrected chi connectivity index (χ4v) is 3.49. The first-order valence-electron chi connectivity index (χ1n) is 7.70. The summed E-state index contributed by atoms with van der Waals surface area (Å²) in [5, 5.41) is 2.44. The molecule has 0 aliphatic heterocycles. The number of thiazole rings is 1. The Balaban J connectivity index is 1.60. The summed E-state index contributed by atoms with van der Waals surface area (Å²) in [7, 11) is 0. The van der Waals surface area contributed by atoms with Crippen LogP contribution in [0.5, 0.6) is 0 Å². The number of aromatic nitrogens is 2. The van der Waals surface area contributed by atoms with Crippen LogP contribution in [0.15, 0.2) is 55.8 Å². The molecule has 3 aromatic heterocycles. The van der Waals surface area contributed by atoms with Crippen molar-refractivity contribution >= 4 is 33.2 Å². The van der Waals surface area contributed by atoms with Crippen LogP contribution >= 0.6 is 11.3 Å². The molecule has 0 saturated carbocycles. The number of hydrogen-bond acceptors (Lipinski definition) is 7. The van der Waals surface area contributed by atoms with E-state index in [2.05, 4.69) is 4.98 Å². The van der Waals surface area contributed by atoms with Gasteiger partial charge in [0.2, 0.25) is 0 Å². The molecule has 0 unspecified atom stereocenters. The maximum absolute atomic E-state index is 12.2. The number of carbonyl (C=O) groups is 1. The van der Waals surface area contributed by atoms with E-state index in [0.29, 0.717) is 21.6 Å². The van der Waals surface area contributed by atoms with Crippen molar-refractivity contribution in [1.29, 1.82) is 0 Å². The van der Waals surface area contributed by atoms with Crippen LogP contribution in [0.25, 0.3) is 15.9 Å². The summed E-state index contributed by atoms with van der Waals surface area (Å²) in [6, 6.07) is 9.61. The van der Waals surface area contributed by atoms with Crippen molar-refractivity contribution in [2.45, 2.75) is 13.5 Å². The summed E-state index contributed by atoms with van der Waals surface area (Å²) >= 11 is 1.32. The first-order valence-corrected chi connectivity index (χ1v) is 8.58. The lowest BCUT2D eigenvalue weighted by Crippen LogP contribution is -2.18. The van der Waals surface area contributed by atoms with Gasteiger partial charge in [0.05, 0.1) is 5.69 Å². The van der Waals surface area contributed by atoms with E-state index in [4.69, 9.17) is 9.15 Å². The van der Waals surface area contributed by atoms with Gasteiger partial charge in [-0.2, -0.15) is 0 Å². The topological polar surface area (TPSA) is 90.9 Å². The van der Waals surface area contributed by atoms with Crippen molar-refractivity contribution in [3.63, 3.8) is 0 Å². The third-order valence-electron chi connectivity index (χ3n) is 3.84. The molecule has 8 heteroatoms. The molecule has 0 spiro atoms. The highest BCUT2D eigenvalue weighted by atomic mass is 32.1. The highest BCUT2D eigenvalue weighted by Gasteiger charge is 2.16. The fourth-order valence-electron chi connectivity index (χ4n) is 2.60. The molecule has 4 rings (SSSR count). The predicted octanol–water partition coefficient (Wildman–Crippen LogP) is 2.53. The zero-order chi connectivity index (χ0) is 18.3. The summed E-state index contributed by atoms with van der Waals surface area (Å²) < 4.78 is 11.8. The van der Waals surface area contributed by atoms with Gasteiger partial charge in [-0.3, -0.25) is 9.20 Å². The van der Waals surface area contributed by atoms with Crippen molar-refractivity contribution in [2.24, 2.45) is 0 Å². The lowest BCUT2D eigenvalue weighted by atomic mass is 10.2. The number of rotatable bonds is 3. The lowest BCUT2D eigenvalue weighted by Gasteiger charge is -2.05. The predicted molar refractivity (Wildman–Crippen MR) is 95.7 cm³/mol. The number of nitrogens with zero attached hydrogens (tertiary/aromatic N) is 2. The van der Waals surface area contributed by atoms with Gasteiger partial charge in [-0.05, 0) is 19.1 Å². The van der Waals surface area contributed by atoms with Gasteiger partial charge in [0.25, 0.3) is 5.56 Å². The SMILES string of the molecule is Cc1csc2nc(COC(=O)c3cc4ccccc4oc3=O)cc(=O)n12. The number of carbonyl (C=O) groups excluding carboxylic acids is 1. The average molecular weight is 368 g/mol. The molecule has 3 heterocycles. The molecule has 0 N–H and O–H groups in total. The van der Waals surface area contributed by atoms with Crippen LogP contribution in [0.3, 0.4) is 0 Å². The van der Waals surface area contributed by atoms with E-state index in [0.717, 1.165) is 5.69 Å². The lowest BCUT2D eigenvalue weighted by molar-refractivity contribution is 0.0463. The second kappa shape index (κ2) is 6.23. The van der Waals surface area contributed by atoms with Crippen LogP contribution in [-0.4, -0.2) is 15.4 Å². The van der Waals surface area contributed by atoms with Crippen LogP contribution in [0, 0.1) is 6.92 Å². The van der Waals surface area contributed by atoms with Gasteiger partial charge in [0.15, 0.2) is 4.96 Å². The van der Waals surface area contributed by atoms with Crippen LogP contribution in [-0.2, 0) is 11.3 Å². The molecule has 0 aliphatic carbocycles. The average Bonchev–Trinajstić information content (AvgIpc) is 3.00. The van der Waals surface area contributed by atoms with E-state index in [1.54, 1.807) is 24.3 Å². The Hall–Kier alpha value is -3.26. The highest BCUT2D eigenvalue weighted by molar-refractivity contribution is 7.15. The van der Waals surface area contributed by atoms with Crippen LogP contribution in [0.2, 0.25) is 0 Å². The monoisotopic (exact) mass is 368 g/mol. The van der Waals surface area contributed by atoms with Crippen molar-refractivity contribution in [2.75, 3.05) is 0 Å². The van der Waals surface area contributed by atoms with Gasteiger partial charge >= 0.3 is 11.6 Å². The fraction of sp³-hybridized carbons (Fsp3) is 0.111. The van der Waals surface area contributed by atoms with Gasteiger partial charge in [0, 0.05) is 22.5 Å². The normalized spacial score (nSPS) is 11.1. The maximum Gasteiger partial charge on any atom is 0.351 e. The first kappa shape index (κ1) is 16.2. The molecule has 0 fully saturated rings. The molecule has 1 aromatic carbocycles. The zero-order valence-corrected chi connectivity index (χ0v) is 14.4. The Morgan fingerprint density at radius 1 is 1.27 bits per heavy atom. The standard InChI is InChI=1S/C18H12N2O5S/c1-10-9-26-18-19-12(7-15(21)20(10)18)8-24-16(22)13-6-11-4-2-3-5-14(11)25-17(13)23/h2-7,9H,8H2,1H3. The van der Waals surface area contributed by atoms with E-state index >= 15 is 0 Å². The summed E-state index contributed by atoms with van der Waals surface area (Å²) in [6.07, 6.45) is 0. The molecule has 0 saturated heterocycles. The van der Waals surface area contributed by atoms with E-state index in [1.165, 1.54) is 27.9 Å². The maximum atomic E-state index is 12.2. The second-order valence-corrected chi connectivity index (χ2v) is 6.48. The van der Waals surface area contributed by atoms with Gasteiger partial charge < -0.3 is 9.15 Å². The smallest absolute Gasteiger partial charge is 0.351 e. The first-order chi connectivity index (χ1) is 12.5. The Labute approximate surface area is 150 Å². The van der Waals surface area contributed by atoms with E-state index in [9.17, 15) is 14.4 Å². The molecule has 0 amide bonds. The van der Waals surface area contributed by atoms with Crippen LogP contribution in [0.4, 0.5) is 0 Å². The molecule has 7 nitrogen and oxygen atoms in total. The number of ether oxygens (including phenoxy) is 1. The molecular weight excluding hydrogens is 356 g/mol. The number of aryl methyl sites for hydroxylation is 1. The summed E-state index contributed by atoms with van der Waals surface area (Å²) in [6.45, 7) is 1.60. The minimum atomic E-state index is -0.825. The molecule has 26 heavy (non-hydrogen) atoms. The molecule has 0 bridgehead atoms. The van der Waals surface area contributed by atoms with Gasteiger partial charge in [0.1, 0.15) is 17.8 Å². The molecule has 4 aromatic rings. The van der Waals surface area contributed by atoms with E-state index < -0.39 is 11.6 Å². The zero-order valence-electron chi connectivity index (χ0n) is 13.6. The highest BCUT2D eigenvalue weighted by Crippen LogP contribution is 2.14. The summed E-state index contributed by atoms with van der Waals surface area (Å²) in [5.74, 6) is -0.825. The number of esters is 1. The second-order valence-electron chi connectivity index (χ2n) is 5.64. The van der Waals surface area contributed by atoms with E-state index in [1.807, 2.05) is 12.3 Å². The Bertz CT molecular complexity index is 1270. The molecule has 0 atom stereocenters. The summed E-state index contributed by atoms with van der Waals surface area (Å²) in [4.78, 5) is 41.2. The van der Waals surface area contributed by atoms with Crippen molar-refractivity contribution < 1.29 is 13.9 Å². The Morgan fingerprint density at radius 3 is 2.92 bits per heavy atom. The molecular formula is C18H12N2O5S.